The standard InChI is InChI=1S/C13H12O6S/c1-3-19-13(16)11(15)12-7(2)9-6-8(14)4-5-10(9)20(12,17)18/h4-6,14H,3H2,1-2H3. The highest BCUT2D eigenvalue weighted by Crippen LogP contribution is 2.40. The lowest BCUT2D eigenvalue weighted by atomic mass is 10.1. The van der Waals surface area contributed by atoms with Crippen molar-refractivity contribution in [1.29, 1.82) is 0 Å². The minimum Gasteiger partial charge on any atom is -0.508 e. The molecule has 0 unspecified atom stereocenters. The Morgan fingerprint density at radius 1 is 1.30 bits per heavy atom. The zero-order valence-corrected chi connectivity index (χ0v) is 11.7. The summed E-state index contributed by atoms with van der Waals surface area (Å²) in [5.41, 5.74) is 0.353. The van der Waals surface area contributed by atoms with Crippen molar-refractivity contribution in [2.75, 3.05) is 6.61 Å². The average Bonchev–Trinajstić information content (AvgIpc) is 2.56. The summed E-state index contributed by atoms with van der Waals surface area (Å²) in [5.74, 6) is -2.52. The second kappa shape index (κ2) is 4.75. The highest BCUT2D eigenvalue weighted by molar-refractivity contribution is 7.97. The lowest BCUT2D eigenvalue weighted by molar-refractivity contribution is -0.151. The maximum absolute atomic E-state index is 12.3. The number of phenolic OH excluding ortho intramolecular Hbond substituents is 1. The molecule has 1 aliphatic heterocycles. The second-order valence-corrected chi connectivity index (χ2v) is 6.04. The van der Waals surface area contributed by atoms with E-state index in [0.29, 0.717) is 0 Å². The van der Waals surface area contributed by atoms with E-state index in [4.69, 9.17) is 0 Å². The summed E-state index contributed by atoms with van der Waals surface area (Å²) in [6.45, 7) is 2.91. The van der Waals surface area contributed by atoms with Gasteiger partial charge in [0.05, 0.1) is 11.5 Å². The van der Waals surface area contributed by atoms with Gasteiger partial charge in [0.1, 0.15) is 10.7 Å². The van der Waals surface area contributed by atoms with Crippen LogP contribution in [0.4, 0.5) is 0 Å². The third kappa shape index (κ3) is 2.00. The Hall–Kier alpha value is -2.15. The first-order chi connectivity index (χ1) is 9.30. The fraction of sp³-hybridized carbons (Fsp3) is 0.231. The van der Waals surface area contributed by atoms with E-state index in [1.54, 1.807) is 0 Å². The molecule has 20 heavy (non-hydrogen) atoms. The van der Waals surface area contributed by atoms with Crippen LogP contribution in [-0.4, -0.2) is 31.9 Å². The van der Waals surface area contributed by atoms with Crippen LogP contribution >= 0.6 is 0 Å². The number of esters is 1. The molecule has 0 radical (unpaired) electrons. The number of allylic oxidation sites excluding steroid dienone is 1. The molecule has 0 spiro atoms. The molecule has 0 bridgehead atoms. The zero-order valence-electron chi connectivity index (χ0n) is 10.8. The summed E-state index contributed by atoms with van der Waals surface area (Å²) in [5, 5.41) is 9.41. The van der Waals surface area contributed by atoms with Gasteiger partial charge < -0.3 is 9.84 Å². The molecule has 1 aromatic rings. The fourth-order valence-electron chi connectivity index (χ4n) is 2.06. The first-order valence-electron chi connectivity index (χ1n) is 5.81. The number of ether oxygens (including phenoxy) is 1. The third-order valence-electron chi connectivity index (χ3n) is 2.93. The predicted molar refractivity (Wildman–Crippen MR) is 69.5 cm³/mol. The summed E-state index contributed by atoms with van der Waals surface area (Å²) >= 11 is 0. The van der Waals surface area contributed by atoms with E-state index in [0.717, 1.165) is 0 Å². The number of carbonyl (C=O) groups excluding carboxylic acids is 2. The van der Waals surface area contributed by atoms with Crippen LogP contribution in [0.25, 0.3) is 5.57 Å². The molecule has 1 heterocycles. The van der Waals surface area contributed by atoms with Crippen LogP contribution in [0.1, 0.15) is 19.4 Å². The highest BCUT2D eigenvalue weighted by Gasteiger charge is 2.41. The smallest absolute Gasteiger partial charge is 0.380 e. The summed E-state index contributed by atoms with van der Waals surface area (Å²) in [6.07, 6.45) is 0. The van der Waals surface area contributed by atoms with Crippen molar-refractivity contribution in [3.63, 3.8) is 0 Å². The second-order valence-electron chi connectivity index (χ2n) is 4.19. The summed E-state index contributed by atoms with van der Waals surface area (Å²) < 4.78 is 29.1. The number of rotatable bonds is 3. The van der Waals surface area contributed by atoms with Crippen LogP contribution in [-0.2, 0) is 24.2 Å². The maximum Gasteiger partial charge on any atom is 0.380 e. The van der Waals surface area contributed by atoms with E-state index in [1.165, 1.54) is 32.0 Å². The van der Waals surface area contributed by atoms with Crippen molar-refractivity contribution in [3.05, 3.63) is 28.7 Å². The van der Waals surface area contributed by atoms with E-state index in [2.05, 4.69) is 4.74 Å². The Kier molecular flexibility index (Phi) is 3.39. The molecule has 0 saturated heterocycles. The van der Waals surface area contributed by atoms with E-state index < -0.39 is 26.5 Å². The van der Waals surface area contributed by atoms with Crippen LogP contribution in [0.15, 0.2) is 28.0 Å². The monoisotopic (exact) mass is 296 g/mol. The van der Waals surface area contributed by atoms with Gasteiger partial charge in [-0.25, -0.2) is 13.2 Å². The molecular formula is C13H12O6S. The van der Waals surface area contributed by atoms with Gasteiger partial charge in [-0.1, -0.05) is 0 Å². The number of aromatic hydroxyl groups is 1. The van der Waals surface area contributed by atoms with Crippen LogP contribution < -0.4 is 0 Å². The molecule has 2 rings (SSSR count). The molecule has 7 heteroatoms. The number of benzene rings is 1. The van der Waals surface area contributed by atoms with Crippen molar-refractivity contribution < 1.29 is 27.9 Å². The molecule has 0 amide bonds. The van der Waals surface area contributed by atoms with Crippen molar-refractivity contribution in [2.45, 2.75) is 18.7 Å². The van der Waals surface area contributed by atoms with Gasteiger partial charge in [0.25, 0.3) is 5.78 Å². The molecular weight excluding hydrogens is 284 g/mol. The fourth-order valence-corrected chi connectivity index (χ4v) is 3.87. The number of hydrogen-bond acceptors (Lipinski definition) is 6. The first-order valence-corrected chi connectivity index (χ1v) is 7.29. The van der Waals surface area contributed by atoms with Gasteiger partial charge in [-0.2, -0.15) is 0 Å². The molecule has 0 aliphatic carbocycles. The summed E-state index contributed by atoms with van der Waals surface area (Å²) in [4.78, 5) is 22.7. The first kappa shape index (κ1) is 14.3. The summed E-state index contributed by atoms with van der Waals surface area (Å²) in [6, 6.07) is 3.66. The maximum atomic E-state index is 12.3. The SMILES string of the molecule is CCOC(=O)C(=O)C1=C(C)c2cc(O)ccc2S1(=O)=O. The van der Waals surface area contributed by atoms with E-state index in [-0.39, 0.29) is 28.4 Å². The topological polar surface area (TPSA) is 97.7 Å². The Labute approximate surface area is 115 Å². The largest absolute Gasteiger partial charge is 0.508 e. The minimum atomic E-state index is -4.06. The third-order valence-corrected chi connectivity index (χ3v) is 4.90. The molecule has 106 valence electrons. The van der Waals surface area contributed by atoms with Crippen LogP contribution in [0.3, 0.4) is 0 Å². The lowest BCUT2D eigenvalue weighted by Crippen LogP contribution is -2.23. The molecule has 0 aromatic heterocycles. The number of hydrogen-bond donors (Lipinski definition) is 1. The Bertz CT molecular complexity index is 742. The molecule has 0 atom stereocenters. The Balaban J connectivity index is 2.61. The van der Waals surface area contributed by atoms with Crippen LogP contribution in [0, 0.1) is 0 Å². The molecule has 1 N–H and O–H groups in total. The van der Waals surface area contributed by atoms with E-state index in [1.807, 2.05) is 0 Å². The normalized spacial score (nSPS) is 15.9. The molecule has 0 fully saturated rings. The van der Waals surface area contributed by atoms with Crippen LogP contribution in [0.5, 0.6) is 5.75 Å². The van der Waals surface area contributed by atoms with Gasteiger partial charge in [0.2, 0.25) is 9.84 Å². The van der Waals surface area contributed by atoms with Crippen LogP contribution in [0.2, 0.25) is 0 Å². The minimum absolute atomic E-state index is 0.0231. The van der Waals surface area contributed by atoms with Gasteiger partial charge in [-0.3, -0.25) is 4.79 Å². The van der Waals surface area contributed by atoms with Gasteiger partial charge in [-0.05, 0) is 37.6 Å². The average molecular weight is 296 g/mol. The van der Waals surface area contributed by atoms with Crippen molar-refractivity contribution in [3.8, 4) is 5.75 Å². The lowest BCUT2D eigenvalue weighted by Gasteiger charge is -2.03. The Morgan fingerprint density at radius 3 is 2.55 bits per heavy atom. The zero-order chi connectivity index (χ0) is 15.1. The van der Waals surface area contributed by atoms with Crippen molar-refractivity contribution in [2.24, 2.45) is 0 Å². The number of ketones is 1. The molecule has 1 aliphatic rings. The molecule has 6 nitrogen and oxygen atoms in total. The van der Waals surface area contributed by atoms with Gasteiger partial charge in [0, 0.05) is 5.56 Å². The van der Waals surface area contributed by atoms with E-state index in [9.17, 15) is 23.1 Å². The number of Topliss-reactive ketones (excluding diaryl/α,β-unsaturated/α-hetero) is 1. The summed E-state index contributed by atoms with van der Waals surface area (Å²) in [7, 11) is -4.06. The number of fused-ring (bicyclic) bond motifs is 1. The van der Waals surface area contributed by atoms with Gasteiger partial charge in [-0.15, -0.1) is 0 Å². The number of phenols is 1. The highest BCUT2D eigenvalue weighted by atomic mass is 32.2. The molecule has 0 saturated carbocycles. The van der Waals surface area contributed by atoms with Gasteiger partial charge >= 0.3 is 5.97 Å². The van der Waals surface area contributed by atoms with Crippen molar-refractivity contribution in [1.82, 2.24) is 0 Å². The predicted octanol–water partition coefficient (Wildman–Crippen LogP) is 1.04. The number of sulfone groups is 1. The van der Waals surface area contributed by atoms with Gasteiger partial charge in [0.15, 0.2) is 0 Å². The Morgan fingerprint density at radius 2 is 1.95 bits per heavy atom. The number of carbonyl (C=O) groups is 2. The quantitative estimate of drug-likeness (QED) is 0.661. The van der Waals surface area contributed by atoms with Crippen molar-refractivity contribution >= 4 is 27.2 Å². The molecule has 1 aromatic carbocycles. The van der Waals surface area contributed by atoms with E-state index >= 15 is 0 Å².